The Morgan fingerprint density at radius 3 is 2.04 bits per heavy atom. The number of ether oxygens (including phenoxy) is 1. The highest BCUT2D eigenvalue weighted by Gasteiger charge is 2.46. The zero-order valence-corrected chi connectivity index (χ0v) is 16.8. The monoisotopic (exact) mass is 343 g/mol. The molecule has 1 fully saturated rings. The van der Waals surface area contributed by atoms with Gasteiger partial charge in [-0.1, -0.05) is 39.0 Å². The Labute approximate surface area is 149 Å². The minimum Gasteiger partial charge on any atom is -0.396 e. The van der Waals surface area contributed by atoms with Crippen molar-refractivity contribution in [3.63, 3.8) is 0 Å². The van der Waals surface area contributed by atoms with Gasteiger partial charge in [-0.15, -0.1) is 0 Å². The van der Waals surface area contributed by atoms with Gasteiger partial charge in [0.05, 0.1) is 12.7 Å². The lowest BCUT2D eigenvalue weighted by atomic mass is 9.80. The van der Waals surface area contributed by atoms with Gasteiger partial charge in [0.2, 0.25) is 0 Å². The molecule has 0 aromatic carbocycles. The maximum Gasteiger partial charge on any atom is 0.0685 e. The molecule has 1 rings (SSSR count). The summed E-state index contributed by atoms with van der Waals surface area (Å²) >= 11 is 0. The van der Waals surface area contributed by atoms with Crippen LogP contribution in [0.3, 0.4) is 0 Å². The topological polar surface area (TPSA) is 41.9 Å². The van der Waals surface area contributed by atoms with Crippen molar-refractivity contribution in [2.75, 3.05) is 19.8 Å². The predicted molar refractivity (Wildman–Crippen MR) is 100 cm³/mol. The number of piperidine rings is 1. The van der Waals surface area contributed by atoms with Crippen LogP contribution in [0.4, 0.5) is 0 Å². The highest BCUT2D eigenvalue weighted by Crippen LogP contribution is 2.39. The normalized spacial score (nSPS) is 21.2. The first-order chi connectivity index (χ1) is 11.3. The lowest BCUT2D eigenvalue weighted by Gasteiger charge is -2.53. The van der Waals surface area contributed by atoms with Crippen molar-refractivity contribution in [3.8, 4) is 0 Å². The summed E-state index contributed by atoms with van der Waals surface area (Å²) < 4.78 is 5.98. The van der Waals surface area contributed by atoms with Crippen LogP contribution < -0.4 is 0 Å². The van der Waals surface area contributed by atoms with E-state index < -0.39 is 0 Å². The molecule has 0 aromatic rings. The molecule has 0 unspecified atom stereocenters. The number of aliphatic hydroxyl groups is 1. The summed E-state index contributed by atoms with van der Waals surface area (Å²) in [6.45, 7) is 12.9. The van der Waals surface area contributed by atoms with Gasteiger partial charge in [-0.25, -0.2) is 0 Å². The number of aliphatic hydroxyl groups excluding tert-OH is 1. The molecule has 4 nitrogen and oxygen atoms in total. The van der Waals surface area contributed by atoms with Crippen LogP contribution in [-0.4, -0.2) is 47.2 Å². The quantitative estimate of drug-likeness (QED) is 0.522. The summed E-state index contributed by atoms with van der Waals surface area (Å²) in [5, 5.41) is 11.1. The van der Waals surface area contributed by atoms with E-state index in [1.807, 2.05) is 0 Å². The zero-order chi connectivity index (χ0) is 18.1. The van der Waals surface area contributed by atoms with E-state index in [2.05, 4.69) is 39.7 Å². The summed E-state index contributed by atoms with van der Waals surface area (Å²) in [6.07, 6.45) is 10.6. The Kier molecular flexibility index (Phi) is 9.80. The van der Waals surface area contributed by atoms with Gasteiger partial charge in [0, 0.05) is 24.3 Å². The van der Waals surface area contributed by atoms with E-state index in [0.29, 0.717) is 6.61 Å². The number of hydrogen-bond acceptors (Lipinski definition) is 4. The molecule has 0 amide bonds. The van der Waals surface area contributed by atoms with Crippen LogP contribution in [0.1, 0.15) is 92.4 Å². The van der Waals surface area contributed by atoms with E-state index in [1.165, 1.54) is 32.1 Å². The molecule has 24 heavy (non-hydrogen) atoms. The van der Waals surface area contributed by atoms with Crippen LogP contribution in [-0.2, 0) is 9.57 Å². The first kappa shape index (κ1) is 21.9. The molecule has 0 radical (unpaired) electrons. The van der Waals surface area contributed by atoms with E-state index in [4.69, 9.17) is 14.7 Å². The van der Waals surface area contributed by atoms with Crippen LogP contribution in [0, 0.1) is 0 Å². The first-order valence-corrected chi connectivity index (χ1v) is 9.99. The molecule has 144 valence electrons. The van der Waals surface area contributed by atoms with Crippen LogP contribution in [0.15, 0.2) is 0 Å². The minimum atomic E-state index is -0.0339. The summed E-state index contributed by atoms with van der Waals surface area (Å²) in [6, 6.07) is 0. The molecule has 0 aromatic heterocycles. The third kappa shape index (κ3) is 7.38. The molecule has 0 spiro atoms. The maximum absolute atomic E-state index is 8.92. The Hall–Kier alpha value is -0.160. The molecular weight excluding hydrogens is 302 g/mol. The molecule has 0 atom stereocenters. The number of nitrogens with zero attached hydrogens (tertiary/aromatic N) is 1. The van der Waals surface area contributed by atoms with Crippen molar-refractivity contribution in [1.82, 2.24) is 5.06 Å². The standard InChI is InChI=1S/C20H41NO3/c1-6-7-8-9-10-11-15-24-21-19(2,3)16-18(17-20(21,4)5)23-14-12-13-22/h18,22H,6-17H2,1-5H3. The maximum atomic E-state index is 8.92. The first-order valence-electron chi connectivity index (χ1n) is 9.99. The molecule has 0 bridgehead atoms. The van der Waals surface area contributed by atoms with Crippen LogP contribution in [0.5, 0.6) is 0 Å². The van der Waals surface area contributed by atoms with Gasteiger partial charge in [-0.3, -0.25) is 4.84 Å². The Bertz CT molecular complexity index is 313. The van der Waals surface area contributed by atoms with Gasteiger partial charge in [0.1, 0.15) is 0 Å². The number of rotatable bonds is 12. The average Bonchev–Trinajstić information content (AvgIpc) is 2.47. The Morgan fingerprint density at radius 1 is 0.875 bits per heavy atom. The molecule has 0 saturated carbocycles. The van der Waals surface area contributed by atoms with Crippen LogP contribution >= 0.6 is 0 Å². The highest BCUT2D eigenvalue weighted by atomic mass is 16.7. The largest absolute Gasteiger partial charge is 0.396 e. The van der Waals surface area contributed by atoms with Gasteiger partial charge < -0.3 is 9.84 Å². The second-order valence-corrected chi connectivity index (χ2v) is 8.50. The molecule has 1 saturated heterocycles. The van der Waals surface area contributed by atoms with Crippen molar-refractivity contribution in [3.05, 3.63) is 0 Å². The van der Waals surface area contributed by atoms with E-state index >= 15 is 0 Å². The van der Waals surface area contributed by atoms with E-state index in [0.717, 1.165) is 32.3 Å². The number of hydroxylamine groups is 2. The lowest BCUT2D eigenvalue weighted by Crippen LogP contribution is -2.62. The SMILES string of the molecule is CCCCCCCCON1C(C)(C)CC(OCCCO)CC1(C)C. The molecule has 1 N–H and O–H groups in total. The van der Waals surface area contributed by atoms with E-state index in [9.17, 15) is 0 Å². The van der Waals surface area contributed by atoms with E-state index in [1.54, 1.807) is 0 Å². The fourth-order valence-corrected chi connectivity index (χ4v) is 3.99. The number of hydrogen-bond donors (Lipinski definition) is 1. The fraction of sp³-hybridized carbons (Fsp3) is 1.00. The molecule has 1 heterocycles. The van der Waals surface area contributed by atoms with Gasteiger partial charge in [0.25, 0.3) is 0 Å². The summed E-state index contributed by atoms with van der Waals surface area (Å²) in [7, 11) is 0. The fourth-order valence-electron chi connectivity index (χ4n) is 3.99. The molecule has 1 aliphatic heterocycles. The second kappa shape index (κ2) is 10.7. The highest BCUT2D eigenvalue weighted by molar-refractivity contribution is 4.97. The molecular formula is C20H41NO3. The Balaban J connectivity index is 2.40. The zero-order valence-electron chi connectivity index (χ0n) is 16.8. The summed E-state index contributed by atoms with van der Waals surface area (Å²) in [5.74, 6) is 0. The van der Waals surface area contributed by atoms with Gasteiger partial charge in [0.15, 0.2) is 0 Å². The van der Waals surface area contributed by atoms with Gasteiger partial charge >= 0.3 is 0 Å². The van der Waals surface area contributed by atoms with Crippen LogP contribution in [0.25, 0.3) is 0 Å². The van der Waals surface area contributed by atoms with Crippen molar-refractivity contribution in [2.24, 2.45) is 0 Å². The van der Waals surface area contributed by atoms with Crippen LogP contribution in [0.2, 0.25) is 0 Å². The number of unbranched alkanes of at least 4 members (excludes halogenated alkanes) is 5. The molecule has 0 aliphatic carbocycles. The lowest BCUT2D eigenvalue weighted by molar-refractivity contribution is -0.295. The van der Waals surface area contributed by atoms with Gasteiger partial charge in [-0.2, -0.15) is 5.06 Å². The molecule has 4 heteroatoms. The average molecular weight is 344 g/mol. The molecule has 1 aliphatic rings. The van der Waals surface area contributed by atoms with Crippen molar-refractivity contribution < 1.29 is 14.7 Å². The van der Waals surface area contributed by atoms with Crippen molar-refractivity contribution in [2.45, 2.75) is 110 Å². The smallest absolute Gasteiger partial charge is 0.0685 e. The Morgan fingerprint density at radius 2 is 1.46 bits per heavy atom. The van der Waals surface area contributed by atoms with Crippen molar-refractivity contribution in [1.29, 1.82) is 0 Å². The van der Waals surface area contributed by atoms with Gasteiger partial charge in [-0.05, 0) is 53.4 Å². The van der Waals surface area contributed by atoms with Crippen molar-refractivity contribution >= 4 is 0 Å². The van der Waals surface area contributed by atoms with E-state index in [-0.39, 0.29) is 23.8 Å². The summed E-state index contributed by atoms with van der Waals surface area (Å²) in [5.41, 5.74) is -0.0678. The summed E-state index contributed by atoms with van der Waals surface area (Å²) in [4.78, 5) is 6.23. The second-order valence-electron chi connectivity index (χ2n) is 8.50. The third-order valence-corrected chi connectivity index (χ3v) is 4.93. The minimum absolute atomic E-state index is 0.0339. The third-order valence-electron chi connectivity index (χ3n) is 4.93. The predicted octanol–water partition coefficient (Wildman–Crippen LogP) is 4.70.